The second-order valence-electron chi connectivity index (χ2n) is 3.13. The van der Waals surface area contributed by atoms with Crippen molar-refractivity contribution < 1.29 is 18.7 Å². The third-order valence-corrected chi connectivity index (χ3v) is 2.93. The molecule has 1 unspecified atom stereocenters. The highest BCUT2D eigenvalue weighted by molar-refractivity contribution is 7.38. The minimum atomic E-state index is -2.74. The van der Waals surface area contributed by atoms with Crippen LogP contribution in [0.1, 0.15) is 19.8 Å². The standard InChI is InChI=1S/C8H12NO4P/c1-6(2)5-13-14(12)9-7(10)3-4-8(9)11/h14H,1,3-5H2,2H3. The highest BCUT2D eigenvalue weighted by Gasteiger charge is 2.33. The number of amides is 2. The summed E-state index contributed by atoms with van der Waals surface area (Å²) < 4.78 is 17.0. The van der Waals surface area contributed by atoms with E-state index in [4.69, 9.17) is 4.52 Å². The SMILES string of the molecule is C=C(C)CO[PH](=O)N1C(=O)CCC1=O. The van der Waals surface area contributed by atoms with Crippen molar-refractivity contribution in [1.82, 2.24) is 4.67 Å². The second-order valence-corrected chi connectivity index (χ2v) is 4.40. The van der Waals surface area contributed by atoms with Gasteiger partial charge in [0.05, 0.1) is 6.61 Å². The van der Waals surface area contributed by atoms with Gasteiger partial charge in [0.15, 0.2) is 0 Å². The fourth-order valence-corrected chi connectivity index (χ4v) is 2.16. The highest BCUT2D eigenvalue weighted by Crippen LogP contribution is 2.34. The molecule has 0 radical (unpaired) electrons. The molecule has 0 N–H and O–H groups in total. The van der Waals surface area contributed by atoms with E-state index in [-0.39, 0.29) is 19.4 Å². The zero-order chi connectivity index (χ0) is 10.7. The monoisotopic (exact) mass is 217 g/mol. The highest BCUT2D eigenvalue weighted by atomic mass is 31.1. The molecule has 1 saturated heterocycles. The molecule has 0 spiro atoms. The Morgan fingerprint density at radius 1 is 1.50 bits per heavy atom. The lowest BCUT2D eigenvalue weighted by Gasteiger charge is -2.12. The van der Waals surface area contributed by atoms with Gasteiger partial charge in [-0.1, -0.05) is 12.2 Å². The van der Waals surface area contributed by atoms with Crippen LogP contribution in [0.2, 0.25) is 0 Å². The smallest absolute Gasteiger partial charge is 0.294 e. The van der Waals surface area contributed by atoms with Gasteiger partial charge in [-0.05, 0) is 6.92 Å². The zero-order valence-corrected chi connectivity index (χ0v) is 8.91. The van der Waals surface area contributed by atoms with Gasteiger partial charge in [-0.25, -0.2) is 4.67 Å². The summed E-state index contributed by atoms with van der Waals surface area (Å²) in [6, 6.07) is 0. The average Bonchev–Trinajstić information content (AvgIpc) is 2.42. The van der Waals surface area contributed by atoms with Crippen LogP contribution in [0.15, 0.2) is 12.2 Å². The van der Waals surface area contributed by atoms with Gasteiger partial charge >= 0.3 is 0 Å². The molecule has 0 aromatic heterocycles. The number of nitrogens with zero attached hydrogens (tertiary/aromatic N) is 1. The maximum atomic E-state index is 11.4. The van der Waals surface area contributed by atoms with Gasteiger partial charge in [0, 0.05) is 12.8 Å². The van der Waals surface area contributed by atoms with Crippen LogP contribution in [-0.2, 0) is 18.7 Å². The minimum Gasteiger partial charge on any atom is -0.311 e. The Labute approximate surface area is 82.6 Å². The third kappa shape index (κ3) is 2.53. The Balaban J connectivity index is 2.55. The van der Waals surface area contributed by atoms with Crippen LogP contribution in [0.5, 0.6) is 0 Å². The first kappa shape index (κ1) is 11.1. The number of carbonyl (C=O) groups is 2. The van der Waals surface area contributed by atoms with Crippen LogP contribution < -0.4 is 0 Å². The molecule has 0 bridgehead atoms. The molecular formula is C8H12NO4P. The zero-order valence-electron chi connectivity index (χ0n) is 7.91. The fraction of sp³-hybridized carbons (Fsp3) is 0.500. The first-order valence-electron chi connectivity index (χ1n) is 4.19. The lowest BCUT2D eigenvalue weighted by Crippen LogP contribution is -2.21. The van der Waals surface area contributed by atoms with Crippen molar-refractivity contribution >= 4 is 20.0 Å². The van der Waals surface area contributed by atoms with E-state index in [0.717, 1.165) is 4.67 Å². The van der Waals surface area contributed by atoms with Crippen LogP contribution in [0, 0.1) is 0 Å². The summed E-state index contributed by atoms with van der Waals surface area (Å²) in [4.78, 5) is 22.2. The van der Waals surface area contributed by atoms with Crippen molar-refractivity contribution in [3.63, 3.8) is 0 Å². The molecule has 0 aromatic rings. The number of hydrogen-bond acceptors (Lipinski definition) is 4. The number of rotatable bonds is 4. The number of imide groups is 1. The first-order valence-corrected chi connectivity index (χ1v) is 5.45. The van der Waals surface area contributed by atoms with Crippen LogP contribution in [0.4, 0.5) is 0 Å². The molecule has 1 aliphatic heterocycles. The molecule has 6 heteroatoms. The van der Waals surface area contributed by atoms with Gasteiger partial charge in [-0.3, -0.25) is 14.2 Å². The maximum absolute atomic E-state index is 11.4. The lowest BCUT2D eigenvalue weighted by atomic mass is 10.4. The predicted molar refractivity (Wildman–Crippen MR) is 50.9 cm³/mol. The Bertz CT molecular complexity index is 296. The number of hydrogen-bond donors (Lipinski definition) is 0. The third-order valence-electron chi connectivity index (χ3n) is 1.68. The van der Waals surface area contributed by atoms with Crippen LogP contribution in [0.3, 0.4) is 0 Å². The van der Waals surface area contributed by atoms with Crippen LogP contribution in [0.25, 0.3) is 0 Å². The van der Waals surface area contributed by atoms with Crippen molar-refractivity contribution in [3.8, 4) is 0 Å². The quantitative estimate of drug-likeness (QED) is 0.402. The molecule has 1 atom stereocenters. The van der Waals surface area contributed by atoms with Gasteiger partial charge in [-0.15, -0.1) is 0 Å². The van der Waals surface area contributed by atoms with Crippen molar-refractivity contribution in [1.29, 1.82) is 0 Å². The molecule has 2 amide bonds. The Morgan fingerprint density at radius 2 is 2.00 bits per heavy atom. The summed E-state index contributed by atoms with van der Waals surface area (Å²) in [5, 5.41) is 0. The van der Waals surface area contributed by atoms with E-state index in [1.54, 1.807) is 6.92 Å². The van der Waals surface area contributed by atoms with E-state index >= 15 is 0 Å². The van der Waals surface area contributed by atoms with Gasteiger partial charge in [0.2, 0.25) is 11.8 Å². The fourth-order valence-electron chi connectivity index (χ4n) is 1.03. The first-order chi connectivity index (χ1) is 6.52. The molecule has 0 saturated carbocycles. The van der Waals surface area contributed by atoms with Crippen molar-refractivity contribution in [2.24, 2.45) is 0 Å². The Morgan fingerprint density at radius 3 is 2.43 bits per heavy atom. The molecule has 5 nitrogen and oxygen atoms in total. The number of carbonyl (C=O) groups excluding carboxylic acids is 2. The molecule has 1 rings (SSSR count). The Kier molecular flexibility index (Phi) is 3.61. The van der Waals surface area contributed by atoms with Crippen LogP contribution >= 0.6 is 8.18 Å². The molecule has 14 heavy (non-hydrogen) atoms. The van der Waals surface area contributed by atoms with E-state index in [2.05, 4.69) is 6.58 Å². The van der Waals surface area contributed by atoms with E-state index in [1.807, 2.05) is 0 Å². The molecule has 1 fully saturated rings. The van der Waals surface area contributed by atoms with E-state index < -0.39 is 20.0 Å². The predicted octanol–water partition coefficient (Wildman–Crippen LogP) is 1.12. The van der Waals surface area contributed by atoms with Crippen molar-refractivity contribution in [2.75, 3.05) is 6.61 Å². The van der Waals surface area contributed by atoms with E-state index in [9.17, 15) is 14.2 Å². The average molecular weight is 217 g/mol. The minimum absolute atomic E-state index is 0.106. The molecule has 1 heterocycles. The van der Waals surface area contributed by atoms with Gasteiger partial charge in [0.1, 0.15) is 0 Å². The van der Waals surface area contributed by atoms with Crippen molar-refractivity contribution in [2.45, 2.75) is 19.8 Å². The molecule has 0 aromatic carbocycles. The summed E-state index contributed by atoms with van der Waals surface area (Å²) in [7, 11) is -2.74. The lowest BCUT2D eigenvalue weighted by molar-refractivity contribution is -0.132. The normalized spacial score (nSPS) is 18.8. The molecule has 1 aliphatic rings. The molecule has 78 valence electrons. The van der Waals surface area contributed by atoms with Gasteiger partial charge < -0.3 is 4.52 Å². The van der Waals surface area contributed by atoms with Crippen molar-refractivity contribution in [3.05, 3.63) is 12.2 Å². The van der Waals surface area contributed by atoms with Gasteiger partial charge in [0.25, 0.3) is 8.18 Å². The summed E-state index contributed by atoms with van der Waals surface area (Å²) in [6.07, 6.45) is 0.261. The van der Waals surface area contributed by atoms with E-state index in [1.165, 1.54) is 0 Å². The summed E-state index contributed by atoms with van der Waals surface area (Å²) in [5.74, 6) is -0.832. The Hall–Kier alpha value is -0.930. The summed E-state index contributed by atoms with van der Waals surface area (Å²) in [6.45, 7) is 5.37. The second kappa shape index (κ2) is 4.53. The summed E-state index contributed by atoms with van der Waals surface area (Å²) >= 11 is 0. The van der Waals surface area contributed by atoms with Crippen LogP contribution in [-0.4, -0.2) is 23.1 Å². The van der Waals surface area contributed by atoms with Gasteiger partial charge in [-0.2, -0.15) is 0 Å². The summed E-state index contributed by atoms with van der Waals surface area (Å²) in [5.41, 5.74) is 0.697. The molecular weight excluding hydrogens is 205 g/mol. The molecule has 0 aliphatic carbocycles. The van der Waals surface area contributed by atoms with E-state index in [0.29, 0.717) is 5.57 Å². The maximum Gasteiger partial charge on any atom is 0.294 e. The largest absolute Gasteiger partial charge is 0.311 e. The topological polar surface area (TPSA) is 63.7 Å².